The van der Waals surface area contributed by atoms with Crippen molar-refractivity contribution in [2.24, 2.45) is 0 Å². The van der Waals surface area contributed by atoms with Crippen molar-refractivity contribution in [1.82, 2.24) is 20.2 Å². The molecule has 0 bridgehead atoms. The number of hydrogen-bond donors (Lipinski definition) is 2. The van der Waals surface area contributed by atoms with Crippen LogP contribution in [0.15, 0.2) is 4.79 Å². The molecular formula is C15H22N4OS. The summed E-state index contributed by atoms with van der Waals surface area (Å²) in [6.45, 7) is 10.0. The number of aryl methyl sites for hydroxylation is 2. The second-order valence-corrected chi connectivity index (χ2v) is 6.96. The third-order valence-electron chi connectivity index (χ3n) is 4.23. The molecule has 114 valence electrons. The van der Waals surface area contributed by atoms with Crippen molar-refractivity contribution in [3.63, 3.8) is 0 Å². The van der Waals surface area contributed by atoms with E-state index in [0.29, 0.717) is 6.04 Å². The van der Waals surface area contributed by atoms with E-state index in [-0.39, 0.29) is 5.56 Å². The van der Waals surface area contributed by atoms with Gasteiger partial charge in [0.2, 0.25) is 0 Å². The van der Waals surface area contributed by atoms with Crippen molar-refractivity contribution in [3.05, 3.63) is 26.6 Å². The highest BCUT2D eigenvalue weighted by Gasteiger charge is 2.24. The summed E-state index contributed by atoms with van der Waals surface area (Å²) in [6.07, 6.45) is 1.11. The van der Waals surface area contributed by atoms with Crippen molar-refractivity contribution in [2.45, 2.75) is 39.8 Å². The van der Waals surface area contributed by atoms with Gasteiger partial charge >= 0.3 is 0 Å². The van der Waals surface area contributed by atoms with E-state index in [4.69, 9.17) is 0 Å². The van der Waals surface area contributed by atoms with Crippen LogP contribution in [0.2, 0.25) is 0 Å². The SMILES string of the molecule is CCCN(Cc1nc2sc(C)c(C)c2c(=O)[nH]1)C1CNC1. The average molecular weight is 306 g/mol. The molecule has 3 heterocycles. The molecule has 0 radical (unpaired) electrons. The molecule has 1 aliphatic rings. The number of H-pyrrole nitrogens is 1. The summed E-state index contributed by atoms with van der Waals surface area (Å²) >= 11 is 1.61. The maximum absolute atomic E-state index is 12.3. The molecule has 0 aliphatic carbocycles. The Bertz CT molecular complexity index is 701. The first-order chi connectivity index (χ1) is 10.1. The molecule has 21 heavy (non-hydrogen) atoms. The number of nitrogens with zero attached hydrogens (tertiary/aromatic N) is 2. The third-order valence-corrected chi connectivity index (χ3v) is 5.33. The van der Waals surface area contributed by atoms with Gasteiger partial charge in [-0.3, -0.25) is 9.69 Å². The van der Waals surface area contributed by atoms with Crippen molar-refractivity contribution in [2.75, 3.05) is 19.6 Å². The molecule has 0 amide bonds. The number of aromatic amines is 1. The summed E-state index contributed by atoms with van der Waals surface area (Å²) in [4.78, 5) is 24.4. The summed E-state index contributed by atoms with van der Waals surface area (Å²) in [6, 6.07) is 0.567. The Morgan fingerprint density at radius 2 is 2.14 bits per heavy atom. The van der Waals surface area contributed by atoms with Gasteiger partial charge in [-0.25, -0.2) is 4.98 Å². The summed E-state index contributed by atoms with van der Waals surface area (Å²) < 4.78 is 0. The molecule has 1 aliphatic heterocycles. The Hall–Kier alpha value is -1.24. The molecule has 1 saturated heterocycles. The van der Waals surface area contributed by atoms with Crippen LogP contribution in [0.3, 0.4) is 0 Å². The van der Waals surface area contributed by atoms with Crippen LogP contribution < -0.4 is 10.9 Å². The molecule has 5 nitrogen and oxygen atoms in total. The third kappa shape index (κ3) is 2.75. The molecule has 0 aromatic carbocycles. The zero-order chi connectivity index (χ0) is 15.0. The van der Waals surface area contributed by atoms with Crippen molar-refractivity contribution < 1.29 is 0 Å². The zero-order valence-electron chi connectivity index (χ0n) is 12.8. The molecule has 0 unspecified atom stereocenters. The number of rotatable bonds is 5. The van der Waals surface area contributed by atoms with Crippen LogP contribution in [0.1, 0.15) is 29.6 Å². The van der Waals surface area contributed by atoms with Crippen LogP contribution in [0.4, 0.5) is 0 Å². The minimum atomic E-state index is 0.0000305. The fourth-order valence-corrected chi connectivity index (χ4v) is 3.82. The fraction of sp³-hybridized carbons (Fsp3) is 0.600. The minimum absolute atomic E-state index is 0.0000305. The van der Waals surface area contributed by atoms with Gasteiger partial charge in [-0.1, -0.05) is 6.92 Å². The molecule has 6 heteroatoms. The van der Waals surface area contributed by atoms with Gasteiger partial charge in [0.25, 0.3) is 5.56 Å². The van der Waals surface area contributed by atoms with Gasteiger partial charge in [-0.2, -0.15) is 0 Å². The number of aromatic nitrogens is 2. The number of hydrogen-bond acceptors (Lipinski definition) is 5. The first kappa shape index (κ1) is 14.7. The number of fused-ring (bicyclic) bond motifs is 1. The first-order valence-electron chi connectivity index (χ1n) is 7.53. The van der Waals surface area contributed by atoms with E-state index in [2.05, 4.69) is 27.1 Å². The van der Waals surface area contributed by atoms with E-state index in [9.17, 15) is 4.79 Å². The van der Waals surface area contributed by atoms with Gasteiger partial charge in [0.1, 0.15) is 10.7 Å². The van der Waals surface area contributed by atoms with E-state index in [1.807, 2.05) is 13.8 Å². The second-order valence-electron chi connectivity index (χ2n) is 5.76. The largest absolute Gasteiger partial charge is 0.314 e. The second kappa shape index (κ2) is 5.87. The smallest absolute Gasteiger partial charge is 0.259 e. The molecule has 2 N–H and O–H groups in total. The molecule has 0 atom stereocenters. The average Bonchev–Trinajstić information content (AvgIpc) is 2.63. The molecule has 3 rings (SSSR count). The number of nitrogens with one attached hydrogen (secondary N) is 2. The lowest BCUT2D eigenvalue weighted by Gasteiger charge is -2.37. The fourth-order valence-electron chi connectivity index (χ4n) is 2.78. The first-order valence-corrected chi connectivity index (χ1v) is 8.35. The quantitative estimate of drug-likeness (QED) is 0.884. The van der Waals surface area contributed by atoms with Crippen molar-refractivity contribution in [1.29, 1.82) is 0 Å². The maximum Gasteiger partial charge on any atom is 0.259 e. The van der Waals surface area contributed by atoms with E-state index in [0.717, 1.165) is 54.2 Å². The number of thiophene rings is 1. The van der Waals surface area contributed by atoms with Crippen LogP contribution in [0.5, 0.6) is 0 Å². The van der Waals surface area contributed by atoms with Crippen LogP contribution >= 0.6 is 11.3 Å². The molecule has 2 aromatic rings. The van der Waals surface area contributed by atoms with Gasteiger partial charge in [0.05, 0.1) is 11.9 Å². The van der Waals surface area contributed by atoms with E-state index < -0.39 is 0 Å². The predicted molar refractivity (Wildman–Crippen MR) is 87.1 cm³/mol. The summed E-state index contributed by atoms with van der Waals surface area (Å²) in [7, 11) is 0. The van der Waals surface area contributed by atoms with Crippen LogP contribution in [-0.2, 0) is 6.54 Å². The summed E-state index contributed by atoms with van der Waals surface area (Å²) in [5.41, 5.74) is 1.06. The van der Waals surface area contributed by atoms with E-state index in [1.54, 1.807) is 11.3 Å². The standard InChI is InChI=1S/C15H22N4OS/c1-4-5-19(11-6-16-7-11)8-12-17-14(20)13-9(2)10(3)21-15(13)18-12/h11,16H,4-8H2,1-3H3,(H,17,18,20). The zero-order valence-corrected chi connectivity index (χ0v) is 13.6. The normalized spacial score (nSPS) is 15.8. The lowest BCUT2D eigenvalue weighted by molar-refractivity contribution is 0.134. The Labute approximate surface area is 128 Å². The van der Waals surface area contributed by atoms with Crippen molar-refractivity contribution >= 4 is 21.6 Å². The summed E-state index contributed by atoms with van der Waals surface area (Å²) in [5, 5.41) is 4.06. The highest BCUT2D eigenvalue weighted by atomic mass is 32.1. The summed E-state index contributed by atoms with van der Waals surface area (Å²) in [5.74, 6) is 0.786. The Kier molecular flexibility index (Phi) is 4.10. The molecule has 2 aromatic heterocycles. The highest BCUT2D eigenvalue weighted by molar-refractivity contribution is 7.18. The predicted octanol–water partition coefficient (Wildman–Crippen LogP) is 1.79. The van der Waals surface area contributed by atoms with Gasteiger partial charge in [-0.15, -0.1) is 11.3 Å². The maximum atomic E-state index is 12.3. The van der Waals surface area contributed by atoms with Crippen LogP contribution in [0.25, 0.3) is 10.2 Å². The lowest BCUT2D eigenvalue weighted by Crippen LogP contribution is -2.57. The van der Waals surface area contributed by atoms with Crippen LogP contribution in [-0.4, -0.2) is 40.5 Å². The Morgan fingerprint density at radius 3 is 2.76 bits per heavy atom. The molecule has 1 fully saturated rings. The Balaban J connectivity index is 1.91. The van der Waals surface area contributed by atoms with Crippen molar-refractivity contribution in [3.8, 4) is 0 Å². The van der Waals surface area contributed by atoms with Gasteiger partial charge in [0.15, 0.2) is 0 Å². The molecular weight excluding hydrogens is 284 g/mol. The Morgan fingerprint density at radius 1 is 1.38 bits per heavy atom. The topological polar surface area (TPSA) is 61.0 Å². The van der Waals surface area contributed by atoms with Gasteiger partial charge in [-0.05, 0) is 32.4 Å². The van der Waals surface area contributed by atoms with Gasteiger partial charge in [0, 0.05) is 24.0 Å². The molecule has 0 spiro atoms. The monoisotopic (exact) mass is 306 g/mol. The van der Waals surface area contributed by atoms with Gasteiger partial charge < -0.3 is 10.3 Å². The highest BCUT2D eigenvalue weighted by Crippen LogP contribution is 2.25. The minimum Gasteiger partial charge on any atom is -0.314 e. The van der Waals surface area contributed by atoms with E-state index >= 15 is 0 Å². The lowest BCUT2D eigenvalue weighted by atomic mass is 10.1. The molecule has 0 saturated carbocycles. The van der Waals surface area contributed by atoms with Crippen LogP contribution in [0, 0.1) is 13.8 Å². The van der Waals surface area contributed by atoms with E-state index in [1.165, 1.54) is 4.88 Å².